The van der Waals surface area contributed by atoms with Gasteiger partial charge in [-0.3, -0.25) is 0 Å². The van der Waals surface area contributed by atoms with Gasteiger partial charge in [0.05, 0.1) is 21.7 Å². The average Bonchev–Trinajstić information content (AvgIpc) is 3.09. The number of thioether (sulfide) groups is 1. The number of likely N-dealkylation sites (N-methyl/N-ethyl adjacent to an activating group) is 1. The second kappa shape index (κ2) is 9.15. The van der Waals surface area contributed by atoms with Crippen LogP contribution in [0.4, 0.5) is 0 Å². The number of aromatic nitrogens is 1. The number of rotatable bonds is 4. The van der Waals surface area contributed by atoms with E-state index in [1.54, 1.807) is 0 Å². The zero-order valence-electron chi connectivity index (χ0n) is 20.4. The summed E-state index contributed by atoms with van der Waals surface area (Å²) in [6, 6.07) is 7.29. The quantitative estimate of drug-likeness (QED) is 0.379. The summed E-state index contributed by atoms with van der Waals surface area (Å²) in [5.74, 6) is 0. The van der Waals surface area contributed by atoms with Gasteiger partial charge in [0, 0.05) is 18.7 Å². The molecule has 0 N–H and O–H groups in total. The third kappa shape index (κ3) is 4.36. The number of hydrogen-bond donors (Lipinski definition) is 0. The fourth-order valence-corrected chi connectivity index (χ4v) is 5.95. The van der Waals surface area contributed by atoms with Gasteiger partial charge in [0.1, 0.15) is 7.05 Å². The van der Waals surface area contributed by atoms with E-state index in [2.05, 4.69) is 119 Å². The van der Waals surface area contributed by atoms with Crippen LogP contribution >= 0.6 is 11.8 Å². The Bertz CT molecular complexity index is 1210. The van der Waals surface area contributed by atoms with E-state index in [1.807, 2.05) is 11.8 Å². The van der Waals surface area contributed by atoms with Crippen molar-refractivity contribution in [2.45, 2.75) is 52.8 Å². The Kier molecular flexibility index (Phi) is 6.48. The molecule has 32 heavy (non-hydrogen) atoms. The van der Waals surface area contributed by atoms with Gasteiger partial charge in [-0.15, -0.1) is 0 Å². The molecule has 3 heteroatoms. The lowest BCUT2D eigenvalue weighted by Gasteiger charge is -2.28. The summed E-state index contributed by atoms with van der Waals surface area (Å²) in [6.45, 7) is 14.3. The van der Waals surface area contributed by atoms with E-state index in [1.165, 1.54) is 49.3 Å². The zero-order chi connectivity index (χ0) is 23.0. The lowest BCUT2D eigenvalue weighted by atomic mass is 9.96. The zero-order valence-corrected chi connectivity index (χ0v) is 21.3. The minimum absolute atomic E-state index is 0.479. The highest BCUT2D eigenvalue weighted by Gasteiger charge is 2.36. The van der Waals surface area contributed by atoms with Gasteiger partial charge in [0.2, 0.25) is 5.52 Å². The SMILES string of the molecule is CCN1C(=CC=C(C)C=Cc2cc[n+](C)c3cc(C)c(C)cc23)SC2C=C(C)C(C)=CC21. The summed E-state index contributed by atoms with van der Waals surface area (Å²) >= 11 is 1.99. The van der Waals surface area contributed by atoms with Crippen LogP contribution in [0.3, 0.4) is 0 Å². The number of aryl methyl sites for hydroxylation is 3. The van der Waals surface area contributed by atoms with Crippen LogP contribution in [0.2, 0.25) is 0 Å². The van der Waals surface area contributed by atoms with Gasteiger partial charge in [-0.05, 0) is 70.4 Å². The summed E-state index contributed by atoms with van der Waals surface area (Å²) in [5, 5.41) is 3.20. The molecule has 166 valence electrons. The van der Waals surface area contributed by atoms with Crippen molar-refractivity contribution in [3.63, 3.8) is 0 Å². The lowest BCUT2D eigenvalue weighted by Crippen LogP contribution is -2.33. The van der Waals surface area contributed by atoms with Crippen LogP contribution in [-0.2, 0) is 7.05 Å². The molecule has 0 radical (unpaired) electrons. The second-order valence-electron chi connectivity index (χ2n) is 9.14. The smallest absolute Gasteiger partial charge is 0.213 e. The van der Waals surface area contributed by atoms with E-state index < -0.39 is 0 Å². The monoisotopic (exact) mass is 443 g/mol. The van der Waals surface area contributed by atoms with Crippen LogP contribution in [0.25, 0.3) is 17.0 Å². The molecule has 2 nitrogen and oxygen atoms in total. The maximum absolute atomic E-state index is 2.53. The Morgan fingerprint density at radius 2 is 1.81 bits per heavy atom. The van der Waals surface area contributed by atoms with E-state index in [9.17, 15) is 0 Å². The summed E-state index contributed by atoms with van der Waals surface area (Å²) in [7, 11) is 2.12. The van der Waals surface area contributed by atoms with Crippen LogP contribution in [0.5, 0.6) is 0 Å². The molecule has 0 bridgehead atoms. The second-order valence-corrected chi connectivity index (χ2v) is 10.3. The maximum Gasteiger partial charge on any atom is 0.213 e. The predicted molar refractivity (Wildman–Crippen MR) is 141 cm³/mol. The molecule has 4 rings (SSSR count). The van der Waals surface area contributed by atoms with Crippen LogP contribution in [0.15, 0.2) is 76.5 Å². The summed E-state index contributed by atoms with van der Waals surface area (Å²) in [5.41, 5.74) is 9.29. The van der Waals surface area contributed by atoms with Crippen molar-refractivity contribution in [3.8, 4) is 0 Å². The molecule has 2 aliphatic rings. The molecule has 1 aliphatic carbocycles. The number of nitrogens with zero attached hydrogens (tertiary/aromatic N) is 2. The molecule has 2 atom stereocenters. The molecule has 0 saturated carbocycles. The van der Waals surface area contributed by atoms with Gasteiger partial charge in [-0.2, -0.15) is 0 Å². The highest BCUT2D eigenvalue weighted by molar-refractivity contribution is 8.04. The summed E-state index contributed by atoms with van der Waals surface area (Å²) < 4.78 is 2.20. The number of benzene rings is 1. The first-order chi connectivity index (χ1) is 15.3. The molecule has 2 unspecified atom stereocenters. The van der Waals surface area contributed by atoms with Crippen LogP contribution in [-0.4, -0.2) is 22.7 Å². The standard InChI is InChI=1S/C29H35N2S/c1-8-31-27-17-22(5)23(6)18-28(27)32-29(31)12-10-19(2)9-11-24-13-14-30(7)26-16-21(4)20(3)15-25(24)26/h9-18,27-28H,8H2,1-7H3/q+1. The highest BCUT2D eigenvalue weighted by atomic mass is 32.2. The van der Waals surface area contributed by atoms with Crippen LogP contribution in [0, 0.1) is 13.8 Å². The maximum atomic E-state index is 2.53. The Balaban J connectivity index is 1.59. The summed E-state index contributed by atoms with van der Waals surface area (Å²) in [4.78, 5) is 2.53. The van der Waals surface area contributed by atoms with Crippen molar-refractivity contribution in [1.82, 2.24) is 4.90 Å². The molecule has 0 amide bonds. The summed E-state index contributed by atoms with van der Waals surface area (Å²) in [6.07, 6.45) is 16.1. The lowest BCUT2D eigenvalue weighted by molar-refractivity contribution is -0.644. The van der Waals surface area contributed by atoms with E-state index in [-0.39, 0.29) is 0 Å². The van der Waals surface area contributed by atoms with Crippen molar-refractivity contribution in [2.75, 3.05) is 6.54 Å². The fraction of sp³-hybridized carbons (Fsp3) is 0.345. The predicted octanol–water partition coefficient (Wildman–Crippen LogP) is 6.79. The molecule has 1 fully saturated rings. The average molecular weight is 444 g/mol. The van der Waals surface area contributed by atoms with E-state index in [4.69, 9.17) is 0 Å². The van der Waals surface area contributed by atoms with E-state index in [0.717, 1.165) is 6.54 Å². The molecule has 0 spiro atoms. The largest absolute Gasteiger partial charge is 0.359 e. The van der Waals surface area contributed by atoms with Gasteiger partial charge in [0.15, 0.2) is 6.20 Å². The topological polar surface area (TPSA) is 7.12 Å². The van der Waals surface area contributed by atoms with Gasteiger partial charge in [0.25, 0.3) is 0 Å². The van der Waals surface area contributed by atoms with Crippen molar-refractivity contribution in [3.05, 3.63) is 93.2 Å². The number of pyridine rings is 1. The Hall–Kier alpha value is -2.52. The Morgan fingerprint density at radius 3 is 2.56 bits per heavy atom. The third-order valence-corrected chi connectivity index (χ3v) is 8.13. The first kappa shape index (κ1) is 22.7. The number of hydrogen-bond acceptors (Lipinski definition) is 2. The van der Waals surface area contributed by atoms with E-state index in [0.29, 0.717) is 11.3 Å². The fourth-order valence-electron chi connectivity index (χ4n) is 4.50. The van der Waals surface area contributed by atoms with Gasteiger partial charge >= 0.3 is 0 Å². The van der Waals surface area contributed by atoms with Gasteiger partial charge in [-0.25, -0.2) is 4.57 Å². The van der Waals surface area contributed by atoms with Crippen molar-refractivity contribution in [2.24, 2.45) is 7.05 Å². The minimum atomic E-state index is 0.479. The normalized spacial score (nSPS) is 22.7. The molecule has 1 aliphatic heterocycles. The first-order valence-corrected chi connectivity index (χ1v) is 12.4. The third-order valence-electron chi connectivity index (χ3n) is 6.83. The van der Waals surface area contributed by atoms with Gasteiger partial charge < -0.3 is 4.90 Å². The van der Waals surface area contributed by atoms with Crippen molar-refractivity contribution >= 4 is 28.7 Å². The molecule has 1 saturated heterocycles. The van der Waals surface area contributed by atoms with Crippen molar-refractivity contribution in [1.29, 1.82) is 0 Å². The van der Waals surface area contributed by atoms with Crippen LogP contribution in [0.1, 0.15) is 44.4 Å². The first-order valence-electron chi connectivity index (χ1n) is 11.5. The van der Waals surface area contributed by atoms with E-state index >= 15 is 0 Å². The molecule has 1 aromatic carbocycles. The Labute approximate surface area is 197 Å². The van der Waals surface area contributed by atoms with Gasteiger partial charge in [-0.1, -0.05) is 58.9 Å². The molecule has 1 aromatic heterocycles. The van der Waals surface area contributed by atoms with Crippen LogP contribution < -0.4 is 4.57 Å². The molecular formula is C29H35N2S+. The highest BCUT2D eigenvalue weighted by Crippen LogP contribution is 2.43. The minimum Gasteiger partial charge on any atom is -0.359 e. The number of fused-ring (bicyclic) bond motifs is 2. The molecule has 2 heterocycles. The molecule has 2 aromatic rings. The van der Waals surface area contributed by atoms with Crippen molar-refractivity contribution < 1.29 is 4.57 Å². The Morgan fingerprint density at radius 1 is 1.09 bits per heavy atom. The molecular weight excluding hydrogens is 408 g/mol. The number of allylic oxidation sites excluding steroid dienone is 6.